The Labute approximate surface area is 166 Å². The minimum Gasteiger partial charge on any atom is -0.339 e. The third-order valence-electron chi connectivity index (χ3n) is 5.62. The predicted molar refractivity (Wildman–Crippen MR) is 110 cm³/mol. The summed E-state index contributed by atoms with van der Waals surface area (Å²) in [4.78, 5) is 17.1. The highest BCUT2D eigenvalue weighted by atomic mass is 32.2. The zero-order valence-electron chi connectivity index (χ0n) is 16.3. The molecule has 0 unspecified atom stereocenters. The summed E-state index contributed by atoms with van der Waals surface area (Å²) in [5.74, 6) is -0.151. The van der Waals surface area contributed by atoms with Crippen LogP contribution in [0.2, 0.25) is 0 Å². The second kappa shape index (κ2) is 7.22. The zero-order valence-corrected chi connectivity index (χ0v) is 17.1. The highest BCUT2D eigenvalue weighted by molar-refractivity contribution is 7.93. The number of likely N-dealkylation sites (N-methyl/N-ethyl adjacent to an activating group) is 1. The van der Waals surface area contributed by atoms with Crippen LogP contribution in [0.5, 0.6) is 0 Å². The van der Waals surface area contributed by atoms with Crippen LogP contribution < -0.4 is 4.31 Å². The predicted octanol–water partition coefficient (Wildman–Crippen LogP) is 2.20. The molecule has 2 aliphatic heterocycles. The van der Waals surface area contributed by atoms with E-state index in [0.29, 0.717) is 24.3 Å². The first-order valence-corrected chi connectivity index (χ1v) is 11.1. The van der Waals surface area contributed by atoms with E-state index in [4.69, 9.17) is 0 Å². The first-order valence-electron chi connectivity index (χ1n) is 9.63. The molecule has 1 saturated heterocycles. The molecule has 6 nitrogen and oxygen atoms in total. The van der Waals surface area contributed by atoms with Gasteiger partial charge in [-0.25, -0.2) is 8.42 Å². The quantitative estimate of drug-likeness (QED) is 0.794. The summed E-state index contributed by atoms with van der Waals surface area (Å²) >= 11 is 0. The number of amides is 1. The molecule has 0 N–H and O–H groups in total. The number of anilines is 1. The smallest absolute Gasteiger partial charge is 0.265 e. The number of sulfonamides is 1. The number of aryl methyl sites for hydroxylation is 1. The van der Waals surface area contributed by atoms with Gasteiger partial charge in [0, 0.05) is 37.3 Å². The molecule has 28 heavy (non-hydrogen) atoms. The minimum absolute atomic E-state index is 0.151. The van der Waals surface area contributed by atoms with Crippen molar-refractivity contribution >= 4 is 21.6 Å². The van der Waals surface area contributed by atoms with E-state index in [2.05, 4.69) is 11.8 Å². The fraction of sp³-hybridized carbons (Fsp3) is 0.381. The van der Waals surface area contributed by atoms with E-state index in [0.717, 1.165) is 30.6 Å². The lowest BCUT2D eigenvalue weighted by Crippen LogP contribution is -2.51. The van der Waals surface area contributed by atoms with E-state index in [1.165, 1.54) is 4.31 Å². The van der Waals surface area contributed by atoms with Gasteiger partial charge in [-0.2, -0.15) is 0 Å². The number of piperazine rings is 1. The van der Waals surface area contributed by atoms with Crippen LogP contribution in [0, 0.1) is 0 Å². The molecule has 2 aromatic rings. The van der Waals surface area contributed by atoms with Crippen LogP contribution in [0.15, 0.2) is 47.4 Å². The molecule has 1 amide bonds. The van der Waals surface area contributed by atoms with Gasteiger partial charge in [-0.15, -0.1) is 0 Å². The topological polar surface area (TPSA) is 60.9 Å². The van der Waals surface area contributed by atoms with Crippen LogP contribution in [0.25, 0.3) is 11.1 Å². The molecule has 2 aromatic carbocycles. The van der Waals surface area contributed by atoms with Gasteiger partial charge in [-0.05, 0) is 37.2 Å². The average molecular weight is 400 g/mol. The average Bonchev–Trinajstić information content (AvgIpc) is 2.71. The van der Waals surface area contributed by atoms with Crippen molar-refractivity contribution in [3.05, 3.63) is 48.0 Å². The Morgan fingerprint density at radius 3 is 2.43 bits per heavy atom. The van der Waals surface area contributed by atoms with Crippen molar-refractivity contribution in [2.45, 2.75) is 18.2 Å². The molecule has 0 bridgehead atoms. The Bertz CT molecular complexity index is 1010. The van der Waals surface area contributed by atoms with Gasteiger partial charge < -0.3 is 9.80 Å². The van der Waals surface area contributed by atoms with Crippen molar-refractivity contribution in [3.8, 4) is 11.1 Å². The number of benzene rings is 2. The molecule has 7 heteroatoms. The van der Waals surface area contributed by atoms with Crippen LogP contribution in [0.4, 0.5) is 5.69 Å². The lowest BCUT2D eigenvalue weighted by Gasteiger charge is -2.36. The maximum Gasteiger partial charge on any atom is 0.265 e. The summed E-state index contributed by atoms with van der Waals surface area (Å²) in [5.41, 5.74) is 3.30. The Morgan fingerprint density at radius 1 is 1.00 bits per heavy atom. The summed E-state index contributed by atoms with van der Waals surface area (Å²) < 4.78 is 28.0. The van der Waals surface area contributed by atoms with Gasteiger partial charge in [-0.3, -0.25) is 9.10 Å². The Kier molecular flexibility index (Phi) is 4.89. The van der Waals surface area contributed by atoms with E-state index in [1.54, 1.807) is 17.0 Å². The molecular weight excluding hydrogens is 374 g/mol. The normalized spacial score (nSPS) is 18.5. The van der Waals surface area contributed by atoms with E-state index in [9.17, 15) is 13.2 Å². The summed E-state index contributed by atoms with van der Waals surface area (Å²) in [6.45, 7) is 4.76. The summed E-state index contributed by atoms with van der Waals surface area (Å²) in [7, 11) is -1.76. The van der Waals surface area contributed by atoms with Gasteiger partial charge in [0.25, 0.3) is 10.0 Å². The van der Waals surface area contributed by atoms with Crippen molar-refractivity contribution in [1.82, 2.24) is 9.80 Å². The van der Waals surface area contributed by atoms with Crippen LogP contribution in [0.3, 0.4) is 0 Å². The highest BCUT2D eigenvalue weighted by Crippen LogP contribution is 2.43. The standard InChI is InChI=1S/C21H25N3O3S/c1-3-16-8-9-19-18(14-16)17-6-4-5-7-20(17)28(26,27)24(19)15-21(25)23-12-10-22(2)11-13-23/h4-9,14H,3,10-13,15H2,1-2H3. The van der Waals surface area contributed by atoms with Crippen LogP contribution in [-0.4, -0.2) is 63.9 Å². The van der Waals surface area contributed by atoms with E-state index >= 15 is 0 Å². The van der Waals surface area contributed by atoms with E-state index in [-0.39, 0.29) is 17.3 Å². The Balaban J connectivity index is 1.74. The molecule has 0 atom stereocenters. The molecular formula is C21H25N3O3S. The van der Waals surface area contributed by atoms with Crippen molar-refractivity contribution in [2.75, 3.05) is 44.1 Å². The van der Waals surface area contributed by atoms with Gasteiger partial charge in [-0.1, -0.05) is 31.2 Å². The molecule has 2 heterocycles. The molecule has 0 aromatic heterocycles. The monoisotopic (exact) mass is 399 g/mol. The van der Waals surface area contributed by atoms with Gasteiger partial charge >= 0.3 is 0 Å². The third-order valence-corrected chi connectivity index (χ3v) is 7.44. The van der Waals surface area contributed by atoms with E-state index < -0.39 is 10.0 Å². The number of carbonyl (C=O) groups excluding carboxylic acids is 1. The summed E-state index contributed by atoms with van der Waals surface area (Å²) in [5, 5.41) is 0. The number of hydrogen-bond acceptors (Lipinski definition) is 4. The second-order valence-electron chi connectivity index (χ2n) is 7.40. The first-order chi connectivity index (χ1) is 13.4. The fourth-order valence-corrected chi connectivity index (χ4v) is 5.49. The second-order valence-corrected chi connectivity index (χ2v) is 9.23. The van der Waals surface area contributed by atoms with Crippen LogP contribution >= 0.6 is 0 Å². The van der Waals surface area contributed by atoms with Crippen molar-refractivity contribution in [2.24, 2.45) is 0 Å². The summed E-state index contributed by atoms with van der Waals surface area (Å²) in [6.07, 6.45) is 0.864. The molecule has 148 valence electrons. The fourth-order valence-electron chi connectivity index (χ4n) is 3.85. The third kappa shape index (κ3) is 3.18. The number of nitrogens with zero attached hydrogens (tertiary/aromatic N) is 3. The Morgan fingerprint density at radius 2 is 1.71 bits per heavy atom. The van der Waals surface area contributed by atoms with Gasteiger partial charge in [0.2, 0.25) is 5.91 Å². The van der Waals surface area contributed by atoms with E-state index in [1.807, 2.05) is 37.4 Å². The van der Waals surface area contributed by atoms with Crippen molar-refractivity contribution in [1.29, 1.82) is 0 Å². The lowest BCUT2D eigenvalue weighted by molar-refractivity contribution is -0.131. The molecule has 4 rings (SSSR count). The zero-order chi connectivity index (χ0) is 19.9. The molecule has 0 radical (unpaired) electrons. The molecule has 0 aliphatic carbocycles. The number of fused-ring (bicyclic) bond motifs is 3. The Hall–Kier alpha value is -2.38. The van der Waals surface area contributed by atoms with Crippen LogP contribution in [0.1, 0.15) is 12.5 Å². The maximum absolute atomic E-state index is 13.3. The van der Waals surface area contributed by atoms with Crippen molar-refractivity contribution < 1.29 is 13.2 Å². The molecule has 1 fully saturated rings. The molecule has 2 aliphatic rings. The summed E-state index contributed by atoms with van der Waals surface area (Å²) in [6, 6.07) is 12.8. The number of rotatable bonds is 3. The van der Waals surface area contributed by atoms with Gasteiger partial charge in [0.05, 0.1) is 10.6 Å². The van der Waals surface area contributed by atoms with Gasteiger partial charge in [0.15, 0.2) is 0 Å². The highest BCUT2D eigenvalue weighted by Gasteiger charge is 2.36. The number of carbonyl (C=O) groups is 1. The van der Waals surface area contributed by atoms with Crippen molar-refractivity contribution in [3.63, 3.8) is 0 Å². The largest absolute Gasteiger partial charge is 0.339 e. The SMILES string of the molecule is CCc1ccc2c(c1)-c1ccccc1S(=O)(=O)N2CC(=O)N1CCN(C)CC1. The molecule has 0 spiro atoms. The van der Waals surface area contributed by atoms with Crippen LogP contribution in [-0.2, 0) is 21.2 Å². The maximum atomic E-state index is 13.3. The lowest BCUT2D eigenvalue weighted by atomic mass is 9.99. The molecule has 0 saturated carbocycles. The van der Waals surface area contributed by atoms with Gasteiger partial charge in [0.1, 0.15) is 6.54 Å². The number of hydrogen-bond donors (Lipinski definition) is 0. The minimum atomic E-state index is -3.78. The first kappa shape index (κ1) is 19.0.